The second kappa shape index (κ2) is 11.4. The van der Waals surface area contributed by atoms with E-state index in [0.717, 1.165) is 17.2 Å². The Balaban J connectivity index is 2.11. The van der Waals surface area contributed by atoms with Crippen LogP contribution in [0.3, 0.4) is 0 Å². The molecular formula is C38H50O7. The molecular weight excluding hydrogens is 568 g/mol. The van der Waals surface area contributed by atoms with Crippen molar-refractivity contribution in [2.75, 3.05) is 0 Å². The summed E-state index contributed by atoms with van der Waals surface area (Å²) in [5.74, 6) is -2.58. The lowest BCUT2D eigenvalue weighted by Gasteiger charge is -2.63. The number of allylic oxidation sites excluding steroid dienone is 6. The van der Waals surface area contributed by atoms with Gasteiger partial charge in [-0.1, -0.05) is 49.3 Å². The molecule has 4 unspecified atom stereocenters. The second-order valence-corrected chi connectivity index (χ2v) is 15.5. The predicted molar refractivity (Wildman–Crippen MR) is 175 cm³/mol. The minimum atomic E-state index is -1.55. The minimum absolute atomic E-state index is 0.0189. The molecule has 1 spiro atoms. The van der Waals surface area contributed by atoms with E-state index in [1.165, 1.54) is 12.1 Å². The average Bonchev–Trinajstić information content (AvgIpc) is 2.90. The molecule has 45 heavy (non-hydrogen) atoms. The summed E-state index contributed by atoms with van der Waals surface area (Å²) in [6.45, 7) is 19.0. The number of fused-ring (bicyclic) bond motifs is 1. The first kappa shape index (κ1) is 34.4. The first-order valence-electron chi connectivity index (χ1n) is 15.9. The van der Waals surface area contributed by atoms with Gasteiger partial charge in [-0.3, -0.25) is 14.4 Å². The molecule has 244 valence electrons. The highest BCUT2D eigenvalue weighted by atomic mass is 16.5. The quantitative estimate of drug-likeness (QED) is 0.0904. The summed E-state index contributed by atoms with van der Waals surface area (Å²) in [6.07, 6.45) is 9.19. The predicted octanol–water partition coefficient (Wildman–Crippen LogP) is 7.56. The molecule has 7 heteroatoms. The lowest BCUT2D eigenvalue weighted by molar-refractivity contribution is -0.186. The van der Waals surface area contributed by atoms with Crippen LogP contribution in [-0.4, -0.2) is 43.9 Å². The number of benzene rings is 1. The lowest BCUT2D eigenvalue weighted by atomic mass is 9.39. The highest BCUT2D eigenvalue weighted by Gasteiger charge is 2.74. The molecule has 4 atom stereocenters. The monoisotopic (exact) mass is 618 g/mol. The van der Waals surface area contributed by atoms with Gasteiger partial charge in [-0.15, -0.1) is 0 Å². The largest absolute Gasteiger partial charge is 0.504 e. The number of ether oxygens (including phenoxy) is 1. The molecule has 4 rings (SSSR count). The molecule has 3 aliphatic rings. The molecule has 1 heterocycles. The Labute approximate surface area is 267 Å². The van der Waals surface area contributed by atoms with Crippen LogP contribution in [0, 0.1) is 28.1 Å². The van der Waals surface area contributed by atoms with Gasteiger partial charge >= 0.3 is 0 Å². The summed E-state index contributed by atoms with van der Waals surface area (Å²) in [5.41, 5.74) is -3.71. The number of hydrogen-bond donors (Lipinski definition) is 3. The van der Waals surface area contributed by atoms with E-state index in [4.69, 9.17) is 4.74 Å². The Morgan fingerprint density at radius 3 is 2.16 bits per heavy atom. The fraction of sp³-hybridized carbons (Fsp3) is 0.553. The Morgan fingerprint density at radius 2 is 1.60 bits per heavy atom. The molecule has 2 fully saturated rings. The number of carbonyl (C=O) groups excluding carboxylic acids is 3. The van der Waals surface area contributed by atoms with Gasteiger partial charge in [0.1, 0.15) is 22.3 Å². The van der Waals surface area contributed by atoms with E-state index in [0.29, 0.717) is 19.3 Å². The SMILES string of the molecule is CC(C)=CCC1CC23CC(C=CC(C)(C)O)C(C)(C)OC2=C(C(=O)c2ccc(O)c(O)c2)C(=O)C(CC=C(C)C)(C3=O)C1(C)C. The van der Waals surface area contributed by atoms with Crippen LogP contribution < -0.4 is 0 Å². The number of aliphatic hydroxyl groups is 1. The summed E-state index contributed by atoms with van der Waals surface area (Å²) in [7, 11) is 0. The Kier molecular flexibility index (Phi) is 8.73. The van der Waals surface area contributed by atoms with E-state index in [2.05, 4.69) is 6.08 Å². The van der Waals surface area contributed by atoms with E-state index in [1.807, 2.05) is 67.5 Å². The third kappa shape index (κ3) is 5.73. The third-order valence-corrected chi connectivity index (χ3v) is 10.5. The fourth-order valence-corrected chi connectivity index (χ4v) is 7.57. The maximum Gasteiger partial charge on any atom is 0.200 e. The van der Waals surface area contributed by atoms with Gasteiger partial charge in [-0.05, 0) is 111 Å². The van der Waals surface area contributed by atoms with Gasteiger partial charge in [0.25, 0.3) is 0 Å². The molecule has 0 radical (unpaired) electrons. The zero-order valence-electron chi connectivity index (χ0n) is 28.5. The van der Waals surface area contributed by atoms with Crippen molar-refractivity contribution in [2.24, 2.45) is 28.1 Å². The first-order chi connectivity index (χ1) is 20.6. The van der Waals surface area contributed by atoms with Crippen LogP contribution >= 0.6 is 0 Å². The molecule has 1 aromatic carbocycles. The van der Waals surface area contributed by atoms with Crippen molar-refractivity contribution in [3.05, 3.63) is 70.5 Å². The van der Waals surface area contributed by atoms with Gasteiger partial charge in [-0.2, -0.15) is 0 Å². The molecule has 1 saturated carbocycles. The number of aromatic hydroxyl groups is 2. The maximum absolute atomic E-state index is 15.3. The van der Waals surface area contributed by atoms with Gasteiger partial charge in [-0.25, -0.2) is 0 Å². The number of Topliss-reactive ketones (excluding diaryl/α,β-unsaturated/α-hetero) is 3. The molecule has 2 aliphatic carbocycles. The van der Waals surface area contributed by atoms with Crippen molar-refractivity contribution in [1.82, 2.24) is 0 Å². The number of carbonyl (C=O) groups is 3. The standard InChI is InChI=1S/C38H50O7/c1-22(2)11-13-25-20-37-21-26(16-17-34(5,6)44)36(9,10)45-32(37)29(30(41)24-12-14-27(39)28(40)19-24)31(42)38(33(37)43,35(25,7)8)18-15-23(3)4/h11-12,14-17,19,25-26,39-40,44H,13,18,20-21H2,1-10H3. The van der Waals surface area contributed by atoms with Gasteiger partial charge < -0.3 is 20.1 Å². The normalized spacial score (nSPS) is 28.8. The zero-order valence-corrected chi connectivity index (χ0v) is 28.5. The van der Waals surface area contributed by atoms with Crippen LogP contribution in [0.1, 0.15) is 105 Å². The van der Waals surface area contributed by atoms with Crippen molar-refractivity contribution in [2.45, 2.75) is 106 Å². The van der Waals surface area contributed by atoms with Gasteiger partial charge in [0.05, 0.1) is 11.0 Å². The van der Waals surface area contributed by atoms with Crippen molar-refractivity contribution < 1.29 is 34.4 Å². The fourth-order valence-electron chi connectivity index (χ4n) is 7.57. The molecule has 2 bridgehead atoms. The number of phenols is 2. The van der Waals surface area contributed by atoms with E-state index >= 15 is 9.59 Å². The molecule has 3 N–H and O–H groups in total. The molecule has 1 saturated heterocycles. The average molecular weight is 619 g/mol. The number of phenolic OH excluding ortho intramolecular Hbond substituents is 2. The topological polar surface area (TPSA) is 121 Å². The van der Waals surface area contributed by atoms with Crippen LogP contribution in [0.25, 0.3) is 0 Å². The van der Waals surface area contributed by atoms with Crippen LogP contribution in [0.5, 0.6) is 11.5 Å². The Hall–Kier alpha value is -3.45. The van der Waals surface area contributed by atoms with Gasteiger partial charge in [0, 0.05) is 11.5 Å². The minimum Gasteiger partial charge on any atom is -0.504 e. The maximum atomic E-state index is 15.3. The van der Waals surface area contributed by atoms with E-state index in [-0.39, 0.29) is 46.7 Å². The summed E-state index contributed by atoms with van der Waals surface area (Å²) in [4.78, 5) is 45.0. The summed E-state index contributed by atoms with van der Waals surface area (Å²) >= 11 is 0. The van der Waals surface area contributed by atoms with E-state index < -0.39 is 44.8 Å². The smallest absolute Gasteiger partial charge is 0.200 e. The number of rotatable bonds is 8. The van der Waals surface area contributed by atoms with Crippen molar-refractivity contribution in [3.63, 3.8) is 0 Å². The van der Waals surface area contributed by atoms with Gasteiger partial charge in [0.15, 0.2) is 28.8 Å². The number of ketones is 3. The highest BCUT2D eigenvalue weighted by molar-refractivity contribution is 6.35. The highest BCUT2D eigenvalue weighted by Crippen LogP contribution is 2.69. The summed E-state index contributed by atoms with van der Waals surface area (Å²) < 4.78 is 6.74. The Bertz CT molecular complexity index is 1540. The Morgan fingerprint density at radius 1 is 0.978 bits per heavy atom. The van der Waals surface area contributed by atoms with Crippen molar-refractivity contribution >= 4 is 17.3 Å². The van der Waals surface area contributed by atoms with Crippen LogP contribution in [0.4, 0.5) is 0 Å². The molecule has 1 aliphatic heterocycles. The summed E-state index contributed by atoms with van der Waals surface area (Å²) in [5, 5.41) is 30.8. The zero-order chi connectivity index (χ0) is 33.9. The molecule has 0 aromatic heterocycles. The second-order valence-electron chi connectivity index (χ2n) is 15.5. The van der Waals surface area contributed by atoms with Gasteiger partial charge in [0.2, 0.25) is 0 Å². The summed E-state index contributed by atoms with van der Waals surface area (Å²) in [6, 6.07) is 3.72. The first-order valence-corrected chi connectivity index (χ1v) is 15.9. The van der Waals surface area contributed by atoms with Crippen molar-refractivity contribution in [3.8, 4) is 11.5 Å². The van der Waals surface area contributed by atoms with Crippen molar-refractivity contribution in [1.29, 1.82) is 0 Å². The third-order valence-electron chi connectivity index (χ3n) is 10.5. The molecule has 0 amide bonds. The van der Waals surface area contributed by atoms with E-state index in [1.54, 1.807) is 19.9 Å². The van der Waals surface area contributed by atoms with Crippen LogP contribution in [0.15, 0.2) is 65.0 Å². The molecule has 7 nitrogen and oxygen atoms in total. The molecule has 1 aromatic rings. The van der Waals surface area contributed by atoms with Crippen LogP contribution in [-0.2, 0) is 14.3 Å². The number of hydrogen-bond acceptors (Lipinski definition) is 7. The van der Waals surface area contributed by atoms with E-state index in [9.17, 15) is 20.1 Å². The van der Waals surface area contributed by atoms with Crippen LogP contribution in [0.2, 0.25) is 0 Å². The lowest BCUT2D eigenvalue weighted by Crippen LogP contribution is -2.69.